The Labute approximate surface area is 108 Å². The second-order valence-electron chi connectivity index (χ2n) is 5.59. The first kappa shape index (κ1) is 14.0. The molecule has 1 fully saturated rings. The Hall–Kier alpha value is -0.0500. The Kier molecular flexibility index (Phi) is 5.29. The molecule has 0 aliphatic heterocycles. The number of hydrogen-bond donors (Lipinski definition) is 1. The van der Waals surface area contributed by atoms with Crippen molar-refractivity contribution in [1.29, 1.82) is 0 Å². The number of carbonyl (C=O) groups is 1. The van der Waals surface area contributed by atoms with Gasteiger partial charge in [-0.25, -0.2) is 0 Å². The molecule has 0 aromatic carbocycles. The molecule has 1 aliphatic rings. The first-order valence-corrected chi connectivity index (χ1v) is 7.29. The van der Waals surface area contributed by atoms with E-state index in [1.165, 1.54) is 19.3 Å². The lowest BCUT2D eigenvalue weighted by atomic mass is 9.75. The van der Waals surface area contributed by atoms with Gasteiger partial charge in [0.05, 0.1) is 0 Å². The molecule has 0 aromatic rings. The Morgan fingerprint density at radius 1 is 1.31 bits per heavy atom. The van der Waals surface area contributed by atoms with Gasteiger partial charge >= 0.3 is 0 Å². The number of alkyl halides is 1. The minimum atomic E-state index is -0.109. The molecule has 0 bridgehead atoms. The minimum absolute atomic E-state index is 0.109. The van der Waals surface area contributed by atoms with Gasteiger partial charge in [0.15, 0.2) is 0 Å². The summed E-state index contributed by atoms with van der Waals surface area (Å²) in [5.74, 6) is 0.803. The van der Waals surface area contributed by atoms with E-state index in [1.54, 1.807) is 0 Å². The normalized spacial score (nSPS) is 21.8. The van der Waals surface area contributed by atoms with Crippen molar-refractivity contribution in [2.24, 2.45) is 11.3 Å². The summed E-state index contributed by atoms with van der Waals surface area (Å²) >= 11 is 3.60. The van der Waals surface area contributed by atoms with Crippen LogP contribution in [0.4, 0.5) is 0 Å². The van der Waals surface area contributed by atoms with Gasteiger partial charge in [0.2, 0.25) is 5.91 Å². The zero-order valence-corrected chi connectivity index (χ0v) is 12.3. The molecule has 3 heteroatoms. The van der Waals surface area contributed by atoms with Crippen molar-refractivity contribution in [3.63, 3.8) is 0 Å². The summed E-state index contributed by atoms with van der Waals surface area (Å²) < 4.78 is 0. The molecule has 1 rings (SSSR count). The summed E-state index contributed by atoms with van der Waals surface area (Å²) in [4.78, 5) is 12.5. The zero-order chi connectivity index (χ0) is 12.2. The zero-order valence-electron chi connectivity index (χ0n) is 10.7. The largest absolute Gasteiger partial charge is 0.354 e. The van der Waals surface area contributed by atoms with E-state index in [4.69, 9.17) is 0 Å². The van der Waals surface area contributed by atoms with Gasteiger partial charge in [-0.05, 0) is 18.8 Å². The summed E-state index contributed by atoms with van der Waals surface area (Å²) in [6.45, 7) is 7.17. The molecule has 0 spiro atoms. The van der Waals surface area contributed by atoms with Gasteiger partial charge in [0.1, 0.15) is 0 Å². The Balaban J connectivity index is 2.39. The molecule has 2 nitrogen and oxygen atoms in total. The smallest absolute Gasteiger partial charge is 0.225 e. The fourth-order valence-corrected chi connectivity index (χ4v) is 2.36. The third kappa shape index (κ3) is 3.76. The highest BCUT2D eigenvalue weighted by Gasteiger charge is 2.34. The number of carbonyl (C=O) groups excluding carboxylic acids is 1. The third-order valence-electron chi connectivity index (χ3n) is 3.69. The highest BCUT2D eigenvalue weighted by Crippen LogP contribution is 2.35. The van der Waals surface area contributed by atoms with Crippen LogP contribution in [0, 0.1) is 11.3 Å². The van der Waals surface area contributed by atoms with Crippen LogP contribution in [-0.2, 0) is 4.79 Å². The summed E-state index contributed by atoms with van der Waals surface area (Å²) in [6, 6.07) is 0. The molecule has 0 saturated heterocycles. The Morgan fingerprint density at radius 3 is 2.38 bits per heavy atom. The third-order valence-corrected chi connectivity index (χ3v) is 5.07. The van der Waals surface area contributed by atoms with Crippen molar-refractivity contribution in [3.8, 4) is 0 Å². The van der Waals surface area contributed by atoms with Crippen LogP contribution < -0.4 is 5.32 Å². The van der Waals surface area contributed by atoms with E-state index in [2.05, 4.69) is 42.0 Å². The summed E-state index contributed by atoms with van der Waals surface area (Å²) in [5.41, 5.74) is -0.109. The van der Waals surface area contributed by atoms with Gasteiger partial charge in [0.25, 0.3) is 0 Å². The lowest BCUT2D eigenvalue weighted by Gasteiger charge is -2.32. The number of hydrogen-bond acceptors (Lipinski definition) is 1. The molecule has 1 amide bonds. The molecular formula is C13H24BrNO. The maximum Gasteiger partial charge on any atom is 0.225 e. The van der Waals surface area contributed by atoms with Crippen molar-refractivity contribution in [3.05, 3.63) is 0 Å². The van der Waals surface area contributed by atoms with E-state index >= 15 is 0 Å². The first-order valence-electron chi connectivity index (χ1n) is 6.38. The average Bonchev–Trinajstić information content (AvgIpc) is 2.26. The van der Waals surface area contributed by atoms with Crippen LogP contribution in [0.15, 0.2) is 0 Å². The van der Waals surface area contributed by atoms with Crippen LogP contribution in [0.5, 0.6) is 0 Å². The van der Waals surface area contributed by atoms with Crippen molar-refractivity contribution < 1.29 is 4.79 Å². The van der Waals surface area contributed by atoms with Crippen LogP contribution in [0.3, 0.4) is 0 Å². The first-order chi connectivity index (χ1) is 7.46. The second-order valence-corrected chi connectivity index (χ2v) is 6.77. The van der Waals surface area contributed by atoms with E-state index in [0.717, 1.165) is 19.4 Å². The molecule has 0 aromatic heterocycles. The lowest BCUT2D eigenvalue weighted by molar-refractivity contribution is -0.131. The van der Waals surface area contributed by atoms with Gasteiger partial charge in [-0.2, -0.15) is 0 Å². The van der Waals surface area contributed by atoms with Gasteiger partial charge in [-0.1, -0.05) is 56.0 Å². The highest BCUT2D eigenvalue weighted by molar-refractivity contribution is 9.09. The maximum absolute atomic E-state index is 12.1. The topological polar surface area (TPSA) is 29.1 Å². The molecule has 1 aliphatic carbocycles. The summed E-state index contributed by atoms with van der Waals surface area (Å²) in [6.07, 6.45) is 5.79. The molecule has 94 valence electrons. The molecule has 1 atom stereocenters. The van der Waals surface area contributed by atoms with Gasteiger partial charge in [-0.15, -0.1) is 0 Å². The maximum atomic E-state index is 12.1. The van der Waals surface area contributed by atoms with Crippen LogP contribution in [0.25, 0.3) is 0 Å². The van der Waals surface area contributed by atoms with E-state index in [9.17, 15) is 4.79 Å². The minimum Gasteiger partial charge on any atom is -0.354 e. The van der Waals surface area contributed by atoms with E-state index in [-0.39, 0.29) is 11.3 Å². The van der Waals surface area contributed by atoms with Crippen LogP contribution in [0.1, 0.15) is 52.9 Å². The Morgan fingerprint density at radius 2 is 1.88 bits per heavy atom. The second kappa shape index (κ2) is 6.04. The van der Waals surface area contributed by atoms with Crippen LogP contribution in [0.2, 0.25) is 0 Å². The lowest BCUT2D eigenvalue weighted by Crippen LogP contribution is -2.43. The average molecular weight is 290 g/mol. The van der Waals surface area contributed by atoms with Crippen LogP contribution >= 0.6 is 15.9 Å². The van der Waals surface area contributed by atoms with E-state index in [1.807, 2.05) is 0 Å². The molecule has 0 heterocycles. The fourth-order valence-electron chi connectivity index (χ4n) is 2.20. The quantitative estimate of drug-likeness (QED) is 0.789. The number of amides is 1. The predicted molar refractivity (Wildman–Crippen MR) is 71.8 cm³/mol. The SMILES string of the molecule is CC(C)C(Br)CNC(=O)C1(C)CCCCC1. The van der Waals surface area contributed by atoms with Crippen LogP contribution in [-0.4, -0.2) is 17.3 Å². The molecule has 1 N–H and O–H groups in total. The summed E-state index contributed by atoms with van der Waals surface area (Å²) in [5, 5.41) is 3.09. The molecule has 16 heavy (non-hydrogen) atoms. The number of nitrogens with one attached hydrogen (secondary N) is 1. The molecule has 0 radical (unpaired) electrons. The molecular weight excluding hydrogens is 266 g/mol. The van der Waals surface area contributed by atoms with Gasteiger partial charge < -0.3 is 5.32 Å². The van der Waals surface area contributed by atoms with Gasteiger partial charge in [-0.3, -0.25) is 4.79 Å². The summed E-state index contributed by atoms with van der Waals surface area (Å²) in [7, 11) is 0. The van der Waals surface area contributed by atoms with Crippen molar-refractivity contribution in [2.75, 3.05) is 6.54 Å². The van der Waals surface area contributed by atoms with E-state index < -0.39 is 0 Å². The standard InChI is InChI=1S/C13H24BrNO/c1-10(2)11(14)9-15-12(16)13(3)7-5-4-6-8-13/h10-11H,4-9H2,1-3H3,(H,15,16). The fraction of sp³-hybridized carbons (Fsp3) is 0.923. The highest BCUT2D eigenvalue weighted by atomic mass is 79.9. The monoisotopic (exact) mass is 289 g/mol. The van der Waals surface area contributed by atoms with Crippen molar-refractivity contribution >= 4 is 21.8 Å². The molecule has 1 unspecified atom stereocenters. The Bertz CT molecular complexity index is 234. The number of halogens is 1. The van der Waals surface area contributed by atoms with Crippen molar-refractivity contribution in [1.82, 2.24) is 5.32 Å². The van der Waals surface area contributed by atoms with E-state index in [0.29, 0.717) is 10.7 Å². The van der Waals surface area contributed by atoms with Gasteiger partial charge in [0, 0.05) is 16.8 Å². The molecule has 1 saturated carbocycles. The van der Waals surface area contributed by atoms with Crippen molar-refractivity contribution in [2.45, 2.75) is 57.7 Å². The predicted octanol–water partition coefficient (Wildman–Crippen LogP) is 3.49. The number of rotatable bonds is 4.